The fourth-order valence-corrected chi connectivity index (χ4v) is 5.15. The topological polar surface area (TPSA) is 52.0 Å². The number of halogens is 1. The molecule has 0 unspecified atom stereocenters. The second kappa shape index (κ2) is 8.09. The molecule has 2 aromatic heterocycles. The lowest BCUT2D eigenvalue weighted by atomic mass is 9.99. The summed E-state index contributed by atoms with van der Waals surface area (Å²) in [5.74, 6) is 0.192. The van der Waals surface area contributed by atoms with Gasteiger partial charge in [-0.25, -0.2) is 17.4 Å². The number of pyridine rings is 1. The molecule has 0 radical (unpaired) electrons. The lowest BCUT2D eigenvalue weighted by Crippen LogP contribution is -2.16. The van der Waals surface area contributed by atoms with Gasteiger partial charge in [0, 0.05) is 22.2 Å². The first-order valence-electron chi connectivity index (χ1n) is 9.63. The highest BCUT2D eigenvalue weighted by molar-refractivity contribution is 7.90. The average Bonchev–Trinajstić information content (AvgIpc) is 3.12. The summed E-state index contributed by atoms with van der Waals surface area (Å²) >= 11 is 6.25. The second-order valence-electron chi connectivity index (χ2n) is 7.36. The van der Waals surface area contributed by atoms with E-state index in [1.54, 1.807) is 48.7 Å². The molecule has 0 saturated heterocycles. The zero-order chi connectivity index (χ0) is 21.3. The van der Waals surface area contributed by atoms with Gasteiger partial charge in [-0.1, -0.05) is 61.9 Å². The van der Waals surface area contributed by atoms with E-state index in [4.69, 9.17) is 11.6 Å². The number of aromatic nitrogens is 2. The molecule has 0 N–H and O–H groups in total. The van der Waals surface area contributed by atoms with Crippen LogP contribution in [-0.4, -0.2) is 17.4 Å². The Balaban J connectivity index is 2.07. The number of allylic oxidation sites excluding steroid dienone is 1. The Kier molecular flexibility index (Phi) is 5.50. The predicted molar refractivity (Wildman–Crippen MR) is 122 cm³/mol. The lowest BCUT2D eigenvalue weighted by molar-refractivity contribution is 0.588. The zero-order valence-electron chi connectivity index (χ0n) is 16.7. The first-order chi connectivity index (χ1) is 14.4. The standard InChI is InChI=1S/C24H21ClN2O2S/c1-17(2)14-22(18-8-6-10-20(25)15-18)23-16-19-9-7-13-26-24(19)27(23)30(28,29)21-11-4-3-5-12-21/h3-17H,1-2H3. The van der Waals surface area contributed by atoms with Crippen LogP contribution in [0.25, 0.3) is 16.6 Å². The van der Waals surface area contributed by atoms with Gasteiger partial charge in [-0.3, -0.25) is 0 Å². The quantitative estimate of drug-likeness (QED) is 0.384. The molecule has 0 saturated carbocycles. The van der Waals surface area contributed by atoms with Crippen LogP contribution < -0.4 is 0 Å². The summed E-state index contributed by atoms with van der Waals surface area (Å²) in [6.45, 7) is 4.11. The number of fused-ring (bicyclic) bond motifs is 1. The van der Waals surface area contributed by atoms with Crippen molar-refractivity contribution >= 4 is 38.2 Å². The highest BCUT2D eigenvalue weighted by atomic mass is 35.5. The molecule has 4 rings (SSSR count). The minimum atomic E-state index is -3.87. The molecular weight excluding hydrogens is 416 g/mol. The number of benzene rings is 2. The van der Waals surface area contributed by atoms with Crippen molar-refractivity contribution in [3.8, 4) is 0 Å². The molecule has 30 heavy (non-hydrogen) atoms. The minimum absolute atomic E-state index is 0.192. The first-order valence-corrected chi connectivity index (χ1v) is 11.4. The van der Waals surface area contributed by atoms with Crippen molar-refractivity contribution in [2.24, 2.45) is 5.92 Å². The maximum absolute atomic E-state index is 13.7. The average molecular weight is 437 g/mol. The molecular formula is C24H21ClN2O2S. The molecule has 152 valence electrons. The van der Waals surface area contributed by atoms with Crippen molar-refractivity contribution in [1.29, 1.82) is 0 Å². The lowest BCUT2D eigenvalue weighted by Gasteiger charge is -2.15. The minimum Gasteiger partial charge on any atom is -0.237 e. The van der Waals surface area contributed by atoms with Crippen molar-refractivity contribution in [2.75, 3.05) is 0 Å². The monoisotopic (exact) mass is 436 g/mol. The molecule has 6 heteroatoms. The summed E-state index contributed by atoms with van der Waals surface area (Å²) in [6.07, 6.45) is 3.66. The molecule has 0 aliphatic rings. The molecule has 2 aromatic carbocycles. The molecule has 4 aromatic rings. The van der Waals surface area contributed by atoms with Gasteiger partial charge in [0.15, 0.2) is 5.65 Å². The van der Waals surface area contributed by atoms with Gasteiger partial charge >= 0.3 is 0 Å². The van der Waals surface area contributed by atoms with Crippen LogP contribution in [0, 0.1) is 5.92 Å². The summed E-state index contributed by atoms with van der Waals surface area (Å²) in [7, 11) is -3.87. The Morgan fingerprint density at radius 2 is 1.77 bits per heavy atom. The van der Waals surface area contributed by atoms with Gasteiger partial charge in [0.2, 0.25) is 0 Å². The fraction of sp³-hybridized carbons (Fsp3) is 0.125. The van der Waals surface area contributed by atoms with E-state index in [0.717, 1.165) is 16.5 Å². The van der Waals surface area contributed by atoms with Gasteiger partial charge in [-0.2, -0.15) is 0 Å². The molecule has 0 atom stereocenters. The van der Waals surface area contributed by atoms with Crippen LogP contribution in [0.1, 0.15) is 25.1 Å². The Bertz CT molecular complexity index is 1340. The summed E-state index contributed by atoms with van der Waals surface area (Å²) in [4.78, 5) is 4.61. The first kappa shape index (κ1) is 20.4. The van der Waals surface area contributed by atoms with E-state index in [1.807, 2.05) is 30.3 Å². The van der Waals surface area contributed by atoms with Crippen LogP contribution in [0.3, 0.4) is 0 Å². The van der Waals surface area contributed by atoms with Crippen LogP contribution in [0.2, 0.25) is 5.02 Å². The van der Waals surface area contributed by atoms with E-state index < -0.39 is 10.0 Å². The summed E-state index contributed by atoms with van der Waals surface area (Å²) < 4.78 is 28.7. The third kappa shape index (κ3) is 3.78. The van der Waals surface area contributed by atoms with Gasteiger partial charge in [0.1, 0.15) is 0 Å². The van der Waals surface area contributed by atoms with Gasteiger partial charge in [0.25, 0.3) is 10.0 Å². The van der Waals surface area contributed by atoms with Crippen molar-refractivity contribution in [1.82, 2.24) is 8.96 Å². The van der Waals surface area contributed by atoms with E-state index in [9.17, 15) is 8.42 Å². The molecule has 0 aliphatic carbocycles. The summed E-state index contributed by atoms with van der Waals surface area (Å²) in [6, 6.07) is 21.4. The van der Waals surface area contributed by atoms with Crippen molar-refractivity contribution in [2.45, 2.75) is 18.7 Å². The smallest absolute Gasteiger partial charge is 0.237 e. The Morgan fingerprint density at radius 1 is 1.00 bits per heavy atom. The Hall–Kier alpha value is -2.89. The number of nitrogens with zero attached hydrogens (tertiary/aromatic N) is 2. The predicted octanol–water partition coefficient (Wildman–Crippen LogP) is 6.01. The van der Waals surface area contributed by atoms with Crippen LogP contribution in [0.5, 0.6) is 0 Å². The van der Waals surface area contributed by atoms with Crippen LogP contribution in [0.4, 0.5) is 0 Å². The maximum atomic E-state index is 13.7. The van der Waals surface area contributed by atoms with Crippen LogP contribution in [0.15, 0.2) is 90.0 Å². The normalized spacial score (nSPS) is 12.6. The molecule has 0 bridgehead atoms. The zero-order valence-corrected chi connectivity index (χ0v) is 18.2. The largest absolute Gasteiger partial charge is 0.269 e. The fourth-order valence-electron chi connectivity index (χ4n) is 3.46. The van der Waals surface area contributed by atoms with E-state index >= 15 is 0 Å². The van der Waals surface area contributed by atoms with E-state index in [2.05, 4.69) is 24.9 Å². The number of hydrogen-bond donors (Lipinski definition) is 0. The number of hydrogen-bond acceptors (Lipinski definition) is 3. The third-order valence-corrected chi connectivity index (χ3v) is 6.67. The van der Waals surface area contributed by atoms with Gasteiger partial charge < -0.3 is 0 Å². The van der Waals surface area contributed by atoms with Crippen LogP contribution >= 0.6 is 11.6 Å². The highest BCUT2D eigenvalue weighted by Crippen LogP contribution is 2.33. The van der Waals surface area contributed by atoms with E-state index in [-0.39, 0.29) is 10.8 Å². The van der Waals surface area contributed by atoms with Crippen molar-refractivity contribution in [3.05, 3.63) is 101 Å². The third-order valence-electron chi connectivity index (χ3n) is 4.71. The SMILES string of the molecule is CC(C)C=C(c1cccc(Cl)c1)c1cc2cccnc2n1S(=O)(=O)c1ccccc1. The molecule has 2 heterocycles. The molecule has 0 fully saturated rings. The van der Waals surface area contributed by atoms with E-state index in [1.165, 1.54) is 3.97 Å². The summed E-state index contributed by atoms with van der Waals surface area (Å²) in [5.41, 5.74) is 2.60. The maximum Gasteiger partial charge on any atom is 0.269 e. The highest BCUT2D eigenvalue weighted by Gasteiger charge is 2.26. The second-order valence-corrected chi connectivity index (χ2v) is 9.59. The molecule has 0 aliphatic heterocycles. The number of rotatable bonds is 5. The Morgan fingerprint density at radius 3 is 2.47 bits per heavy atom. The van der Waals surface area contributed by atoms with Crippen molar-refractivity contribution in [3.63, 3.8) is 0 Å². The summed E-state index contributed by atoms with van der Waals surface area (Å²) in [5, 5.41) is 1.34. The van der Waals surface area contributed by atoms with E-state index in [0.29, 0.717) is 16.4 Å². The molecule has 4 nitrogen and oxygen atoms in total. The Labute approximate surface area is 181 Å². The van der Waals surface area contributed by atoms with Gasteiger partial charge in [-0.05, 0) is 53.9 Å². The van der Waals surface area contributed by atoms with Crippen molar-refractivity contribution < 1.29 is 8.42 Å². The van der Waals surface area contributed by atoms with Gasteiger partial charge in [-0.15, -0.1) is 0 Å². The molecule has 0 spiro atoms. The van der Waals surface area contributed by atoms with Crippen LogP contribution in [-0.2, 0) is 10.0 Å². The van der Waals surface area contributed by atoms with Gasteiger partial charge in [0.05, 0.1) is 10.6 Å². The molecule has 0 amide bonds.